The van der Waals surface area contributed by atoms with Crippen LogP contribution in [0.4, 0.5) is 11.5 Å². The first-order valence-corrected chi connectivity index (χ1v) is 8.44. The fourth-order valence-electron chi connectivity index (χ4n) is 3.03. The third-order valence-corrected chi connectivity index (χ3v) is 4.53. The highest BCUT2D eigenvalue weighted by Gasteiger charge is 2.23. The lowest BCUT2D eigenvalue weighted by atomic mass is 10.3. The Hall–Kier alpha value is -2.52. The summed E-state index contributed by atoms with van der Waals surface area (Å²) < 4.78 is 1.19. The van der Waals surface area contributed by atoms with E-state index in [4.69, 9.17) is 0 Å². The topological polar surface area (TPSA) is 96.0 Å². The summed E-state index contributed by atoms with van der Waals surface area (Å²) in [7, 11) is 0. The van der Waals surface area contributed by atoms with Crippen LogP contribution >= 0.6 is 0 Å². The molecule has 0 unspecified atom stereocenters. The smallest absolute Gasteiger partial charge is 0.363 e. The first-order chi connectivity index (χ1) is 12.1. The van der Waals surface area contributed by atoms with Crippen LogP contribution in [-0.4, -0.2) is 69.9 Å². The number of aromatic nitrogens is 2. The van der Waals surface area contributed by atoms with Crippen molar-refractivity contribution in [2.75, 3.05) is 51.1 Å². The van der Waals surface area contributed by atoms with Crippen molar-refractivity contribution >= 4 is 17.2 Å². The van der Waals surface area contributed by atoms with Gasteiger partial charge < -0.3 is 10.2 Å². The van der Waals surface area contributed by atoms with Crippen LogP contribution in [0.2, 0.25) is 0 Å². The molecule has 3 heterocycles. The molecule has 134 valence electrons. The number of nitrogens with one attached hydrogen (secondary N) is 1. The van der Waals surface area contributed by atoms with E-state index in [0.717, 1.165) is 39.3 Å². The average molecular weight is 346 g/mol. The van der Waals surface area contributed by atoms with Gasteiger partial charge in [-0.15, -0.1) is 0 Å². The van der Waals surface area contributed by atoms with Gasteiger partial charge in [0.2, 0.25) is 5.82 Å². The Morgan fingerprint density at radius 1 is 1.24 bits per heavy atom. The lowest BCUT2D eigenvalue weighted by Crippen LogP contribution is -2.47. The monoisotopic (exact) mass is 346 g/mol. The SMILES string of the molecule is CCN1CCN(CCNc2nc3ccccn3c(=O)c2[N+](=O)[O-])CC1. The number of nitrogens with zero attached hydrogens (tertiary/aromatic N) is 5. The zero-order valence-corrected chi connectivity index (χ0v) is 14.2. The molecule has 25 heavy (non-hydrogen) atoms. The molecule has 1 N–H and O–H groups in total. The van der Waals surface area contributed by atoms with E-state index in [1.807, 2.05) is 0 Å². The van der Waals surface area contributed by atoms with Gasteiger partial charge in [-0.05, 0) is 18.7 Å². The summed E-state index contributed by atoms with van der Waals surface area (Å²) in [5.74, 6) is 0.0356. The van der Waals surface area contributed by atoms with Crippen molar-refractivity contribution in [3.63, 3.8) is 0 Å². The fourth-order valence-corrected chi connectivity index (χ4v) is 3.03. The molecule has 9 nitrogen and oxygen atoms in total. The molecule has 2 aromatic heterocycles. The van der Waals surface area contributed by atoms with Crippen molar-refractivity contribution in [2.24, 2.45) is 0 Å². The second-order valence-electron chi connectivity index (χ2n) is 6.00. The number of rotatable bonds is 6. The quantitative estimate of drug-likeness (QED) is 0.606. The van der Waals surface area contributed by atoms with Crippen LogP contribution in [0.15, 0.2) is 29.2 Å². The Morgan fingerprint density at radius 3 is 2.64 bits per heavy atom. The number of likely N-dealkylation sites (N-methyl/N-ethyl adjacent to an activating group) is 1. The zero-order valence-electron chi connectivity index (χ0n) is 14.2. The van der Waals surface area contributed by atoms with E-state index in [2.05, 4.69) is 27.0 Å². The predicted molar refractivity (Wildman–Crippen MR) is 95.2 cm³/mol. The summed E-state index contributed by atoms with van der Waals surface area (Å²) in [5, 5.41) is 14.3. The molecule has 0 amide bonds. The number of hydrogen-bond acceptors (Lipinski definition) is 7. The summed E-state index contributed by atoms with van der Waals surface area (Å²) in [6, 6.07) is 5.04. The summed E-state index contributed by atoms with van der Waals surface area (Å²) in [4.78, 5) is 31.9. The lowest BCUT2D eigenvalue weighted by molar-refractivity contribution is -0.385. The van der Waals surface area contributed by atoms with Crippen LogP contribution in [0.3, 0.4) is 0 Å². The Labute approximate surface area is 145 Å². The van der Waals surface area contributed by atoms with Crippen molar-refractivity contribution in [1.82, 2.24) is 19.2 Å². The van der Waals surface area contributed by atoms with Crippen molar-refractivity contribution in [3.05, 3.63) is 44.9 Å². The third-order valence-electron chi connectivity index (χ3n) is 4.53. The molecule has 1 saturated heterocycles. The van der Waals surface area contributed by atoms with Gasteiger partial charge >= 0.3 is 11.2 Å². The molecule has 0 radical (unpaired) electrons. The highest BCUT2D eigenvalue weighted by molar-refractivity contribution is 5.59. The Balaban J connectivity index is 1.72. The molecule has 3 rings (SSSR count). The lowest BCUT2D eigenvalue weighted by Gasteiger charge is -2.33. The van der Waals surface area contributed by atoms with E-state index in [0.29, 0.717) is 12.2 Å². The number of pyridine rings is 1. The standard InChI is InChI=1S/C16H22N6O3/c1-2-19-9-11-20(12-10-19)8-6-17-15-14(22(24)25)16(23)21-7-4-3-5-13(21)18-15/h3-5,7,17H,2,6,8-12H2,1H3. The van der Waals surface area contributed by atoms with E-state index in [9.17, 15) is 14.9 Å². The molecule has 1 fully saturated rings. The molecule has 0 aliphatic carbocycles. The van der Waals surface area contributed by atoms with Gasteiger partial charge in [-0.25, -0.2) is 4.98 Å². The molecule has 2 aromatic rings. The van der Waals surface area contributed by atoms with Gasteiger partial charge in [0.25, 0.3) is 0 Å². The van der Waals surface area contributed by atoms with Crippen molar-refractivity contribution in [3.8, 4) is 0 Å². The normalized spacial score (nSPS) is 16.2. The van der Waals surface area contributed by atoms with Crippen molar-refractivity contribution < 1.29 is 4.92 Å². The molecule has 1 aliphatic heterocycles. The van der Waals surface area contributed by atoms with E-state index < -0.39 is 16.2 Å². The van der Waals surface area contributed by atoms with Gasteiger partial charge in [0.1, 0.15) is 5.65 Å². The van der Waals surface area contributed by atoms with Gasteiger partial charge in [0.15, 0.2) is 0 Å². The fraction of sp³-hybridized carbons (Fsp3) is 0.500. The number of nitro groups is 1. The van der Waals surface area contributed by atoms with Crippen molar-refractivity contribution in [1.29, 1.82) is 0 Å². The summed E-state index contributed by atoms with van der Waals surface area (Å²) in [5.41, 5.74) is -0.800. The second-order valence-corrected chi connectivity index (χ2v) is 6.00. The molecule has 0 bridgehead atoms. The molecular weight excluding hydrogens is 324 g/mol. The Kier molecular flexibility index (Phi) is 5.25. The number of fused-ring (bicyclic) bond motifs is 1. The maximum atomic E-state index is 12.4. The minimum atomic E-state index is -0.672. The van der Waals surface area contributed by atoms with Gasteiger partial charge in [-0.1, -0.05) is 13.0 Å². The summed E-state index contributed by atoms with van der Waals surface area (Å²) in [6.45, 7) is 8.49. The van der Waals surface area contributed by atoms with Crippen molar-refractivity contribution in [2.45, 2.75) is 6.92 Å². The highest BCUT2D eigenvalue weighted by atomic mass is 16.6. The molecule has 0 aromatic carbocycles. The van der Waals surface area contributed by atoms with Gasteiger partial charge in [0.05, 0.1) is 4.92 Å². The molecular formula is C16H22N6O3. The van der Waals surface area contributed by atoms with Gasteiger partial charge in [-0.2, -0.15) is 0 Å². The largest absolute Gasteiger partial charge is 0.376 e. The molecule has 9 heteroatoms. The van der Waals surface area contributed by atoms with Crippen LogP contribution in [0.1, 0.15) is 6.92 Å². The Morgan fingerprint density at radius 2 is 1.96 bits per heavy atom. The maximum absolute atomic E-state index is 12.4. The van der Waals surface area contributed by atoms with E-state index in [1.54, 1.807) is 18.2 Å². The van der Waals surface area contributed by atoms with Crippen LogP contribution in [0.25, 0.3) is 5.65 Å². The number of hydrogen-bond donors (Lipinski definition) is 1. The van der Waals surface area contributed by atoms with E-state index >= 15 is 0 Å². The molecule has 0 spiro atoms. The third kappa shape index (κ3) is 3.77. The molecule has 0 atom stereocenters. The summed E-state index contributed by atoms with van der Waals surface area (Å²) >= 11 is 0. The minimum absolute atomic E-state index is 0.0356. The molecule has 0 saturated carbocycles. The van der Waals surface area contributed by atoms with E-state index in [1.165, 1.54) is 10.6 Å². The highest BCUT2D eigenvalue weighted by Crippen LogP contribution is 2.17. The predicted octanol–water partition coefficient (Wildman–Crippen LogP) is 0.652. The minimum Gasteiger partial charge on any atom is -0.363 e. The summed E-state index contributed by atoms with van der Waals surface area (Å²) in [6.07, 6.45) is 1.48. The Bertz CT molecular complexity index is 813. The average Bonchev–Trinajstić information content (AvgIpc) is 2.62. The second kappa shape index (κ2) is 7.58. The van der Waals surface area contributed by atoms with Crippen LogP contribution in [0.5, 0.6) is 0 Å². The van der Waals surface area contributed by atoms with Crippen LogP contribution in [-0.2, 0) is 0 Å². The molecule has 1 aliphatic rings. The first-order valence-electron chi connectivity index (χ1n) is 8.44. The van der Waals surface area contributed by atoms with Crippen LogP contribution in [0, 0.1) is 10.1 Å². The number of piperazine rings is 1. The zero-order chi connectivity index (χ0) is 17.8. The van der Waals surface area contributed by atoms with Crippen LogP contribution < -0.4 is 10.9 Å². The number of anilines is 1. The van der Waals surface area contributed by atoms with Gasteiger partial charge in [-0.3, -0.25) is 24.2 Å². The van der Waals surface area contributed by atoms with E-state index in [-0.39, 0.29) is 5.82 Å². The van der Waals surface area contributed by atoms with Gasteiger partial charge in [0, 0.05) is 45.5 Å². The maximum Gasteiger partial charge on any atom is 0.376 e. The first kappa shape index (κ1) is 17.3.